The number of hydrogen-bond acceptors (Lipinski definition) is 9. The Kier molecular flexibility index (Phi) is 6.37. The van der Waals surface area contributed by atoms with Crippen LogP contribution in [0.25, 0.3) is 0 Å². The van der Waals surface area contributed by atoms with Crippen LogP contribution < -0.4 is 15.0 Å². The molecule has 3 aliphatic heterocycles. The topological polar surface area (TPSA) is 151 Å². The van der Waals surface area contributed by atoms with Gasteiger partial charge in [0.05, 0.1) is 24.4 Å². The van der Waals surface area contributed by atoms with Gasteiger partial charge in [-0.1, -0.05) is 0 Å². The van der Waals surface area contributed by atoms with Crippen molar-refractivity contribution in [1.29, 1.82) is 5.26 Å². The summed E-state index contributed by atoms with van der Waals surface area (Å²) in [6.07, 6.45) is 6.80. The molecule has 1 amide bonds. The van der Waals surface area contributed by atoms with Crippen LogP contribution in [0.4, 0.5) is 5.82 Å². The van der Waals surface area contributed by atoms with Crippen molar-refractivity contribution in [2.24, 2.45) is 11.8 Å². The molecule has 0 unspecified atom stereocenters. The average Bonchev–Trinajstić information content (AvgIpc) is 3.52. The molecule has 5 rings (SSSR count). The van der Waals surface area contributed by atoms with Crippen LogP contribution in [0, 0.1) is 23.2 Å². The molecular formula is C22H24N6O5. The fraction of sp³-hybridized carbons (Fsp3) is 0.455. The van der Waals surface area contributed by atoms with Gasteiger partial charge in [0.1, 0.15) is 6.07 Å². The number of hydrogen-bond donors (Lipinski definition) is 2. The molecule has 3 fully saturated rings. The highest BCUT2D eigenvalue weighted by Gasteiger charge is 2.63. The lowest BCUT2D eigenvalue weighted by molar-refractivity contribution is -0.122. The number of carboxylic acid groups (broad SMARTS) is 1. The lowest BCUT2D eigenvalue weighted by Gasteiger charge is -2.29. The minimum atomic E-state index is -0.250. The maximum atomic E-state index is 12.6. The summed E-state index contributed by atoms with van der Waals surface area (Å²) in [6, 6.07) is 5.51. The van der Waals surface area contributed by atoms with E-state index in [9.17, 15) is 10.1 Å². The quantitative estimate of drug-likeness (QED) is 0.625. The summed E-state index contributed by atoms with van der Waals surface area (Å²) < 4.78 is 11.5. The molecule has 4 atom stereocenters. The van der Waals surface area contributed by atoms with E-state index in [-0.39, 0.29) is 35.9 Å². The molecular weight excluding hydrogens is 428 g/mol. The van der Waals surface area contributed by atoms with Crippen molar-refractivity contribution in [3.05, 3.63) is 42.0 Å². The number of fused-ring (bicyclic) bond motifs is 1. The van der Waals surface area contributed by atoms with Crippen molar-refractivity contribution in [2.75, 3.05) is 31.6 Å². The molecule has 2 aromatic heterocycles. The summed E-state index contributed by atoms with van der Waals surface area (Å²) in [4.78, 5) is 35.7. The van der Waals surface area contributed by atoms with Crippen molar-refractivity contribution in [1.82, 2.24) is 20.3 Å². The van der Waals surface area contributed by atoms with E-state index in [0.717, 1.165) is 19.4 Å². The fourth-order valence-electron chi connectivity index (χ4n) is 5.21. The summed E-state index contributed by atoms with van der Waals surface area (Å²) in [5.74, 6) is 1.43. The third-order valence-corrected chi connectivity index (χ3v) is 6.57. The molecule has 172 valence electrons. The summed E-state index contributed by atoms with van der Waals surface area (Å²) in [5, 5.41) is 19.3. The normalized spacial score (nSPS) is 26.5. The highest BCUT2D eigenvalue weighted by molar-refractivity contribution is 5.93. The molecule has 2 aromatic rings. The van der Waals surface area contributed by atoms with Gasteiger partial charge in [-0.15, -0.1) is 0 Å². The van der Waals surface area contributed by atoms with Crippen LogP contribution in [-0.2, 0) is 9.53 Å². The van der Waals surface area contributed by atoms with E-state index in [1.807, 2.05) is 0 Å². The number of carbonyl (C=O) groups excluding carboxylic acids is 1. The number of methoxy groups -OCH3 is 1. The van der Waals surface area contributed by atoms with Crippen molar-refractivity contribution in [3.63, 3.8) is 0 Å². The van der Waals surface area contributed by atoms with E-state index in [0.29, 0.717) is 36.0 Å². The average molecular weight is 452 g/mol. The molecule has 11 heteroatoms. The van der Waals surface area contributed by atoms with Gasteiger partial charge in [0.25, 0.3) is 12.4 Å². The first-order valence-electron chi connectivity index (χ1n) is 10.5. The number of carbonyl (C=O) groups is 2. The van der Waals surface area contributed by atoms with E-state index < -0.39 is 0 Å². The Morgan fingerprint density at radius 2 is 2.21 bits per heavy atom. The zero-order valence-electron chi connectivity index (χ0n) is 18.0. The zero-order valence-corrected chi connectivity index (χ0v) is 18.0. The van der Waals surface area contributed by atoms with Crippen LogP contribution in [0.1, 0.15) is 28.9 Å². The number of aromatic nitrogens is 3. The van der Waals surface area contributed by atoms with Gasteiger partial charge in [-0.3, -0.25) is 9.59 Å². The highest BCUT2D eigenvalue weighted by atomic mass is 16.5. The zero-order chi connectivity index (χ0) is 23.4. The molecule has 0 aromatic carbocycles. The smallest absolute Gasteiger partial charge is 0.290 e. The maximum Gasteiger partial charge on any atom is 0.290 e. The summed E-state index contributed by atoms with van der Waals surface area (Å²) >= 11 is 0. The predicted molar refractivity (Wildman–Crippen MR) is 115 cm³/mol. The summed E-state index contributed by atoms with van der Waals surface area (Å²) in [7, 11) is 1.54. The Morgan fingerprint density at radius 1 is 1.42 bits per heavy atom. The van der Waals surface area contributed by atoms with E-state index in [2.05, 4.69) is 31.2 Å². The number of anilines is 1. The second-order valence-corrected chi connectivity index (χ2v) is 8.16. The molecule has 11 nitrogen and oxygen atoms in total. The molecule has 2 bridgehead atoms. The van der Waals surface area contributed by atoms with Crippen LogP contribution in [0.3, 0.4) is 0 Å². The molecule has 0 radical (unpaired) electrons. The summed E-state index contributed by atoms with van der Waals surface area (Å²) in [5.41, 5.74) is 0.604. The van der Waals surface area contributed by atoms with Crippen LogP contribution in [0.2, 0.25) is 0 Å². The number of rotatable bonds is 5. The number of nitrogens with one attached hydrogen (secondary N) is 1. The Balaban J connectivity index is 0.000000821. The number of nitrogens with zero attached hydrogens (tertiary/aromatic N) is 5. The number of pyridine rings is 1. The van der Waals surface area contributed by atoms with E-state index in [4.69, 9.17) is 19.4 Å². The van der Waals surface area contributed by atoms with Gasteiger partial charge in [-0.2, -0.15) is 5.26 Å². The van der Waals surface area contributed by atoms with Gasteiger partial charge >= 0.3 is 0 Å². The van der Waals surface area contributed by atoms with E-state index in [1.165, 1.54) is 12.4 Å². The first-order chi connectivity index (χ1) is 16.0. The minimum absolute atomic E-state index is 0.155. The Bertz CT molecular complexity index is 1060. The van der Waals surface area contributed by atoms with Gasteiger partial charge in [0, 0.05) is 56.1 Å². The molecule has 0 saturated carbocycles. The van der Waals surface area contributed by atoms with Gasteiger partial charge in [-0.25, -0.2) is 15.0 Å². The summed E-state index contributed by atoms with van der Waals surface area (Å²) in [6.45, 7) is 1.74. The second-order valence-electron chi connectivity index (χ2n) is 8.16. The number of amides is 1. The van der Waals surface area contributed by atoms with Crippen molar-refractivity contribution >= 4 is 18.2 Å². The van der Waals surface area contributed by atoms with Crippen molar-refractivity contribution in [3.8, 4) is 11.9 Å². The first kappa shape index (κ1) is 22.4. The van der Waals surface area contributed by atoms with Gasteiger partial charge in [-0.05, 0) is 18.9 Å². The molecule has 3 saturated heterocycles. The highest BCUT2D eigenvalue weighted by Crippen LogP contribution is 2.55. The van der Waals surface area contributed by atoms with Gasteiger partial charge < -0.3 is 24.8 Å². The molecule has 0 aliphatic carbocycles. The third-order valence-electron chi connectivity index (χ3n) is 6.57. The SMILES string of the molecule is COc1ccc(C(=O)NC[C@H]2[C@H]3CN(c4nccnc4C#N)C[C@]34CC[C@H]2O4)cn1.O=CO. The largest absolute Gasteiger partial charge is 0.483 e. The molecule has 3 aliphatic rings. The molecule has 5 heterocycles. The standard InChI is InChI=1S/C21H22N6O3.CH2O2/c1-29-18-3-2-13(9-25-18)20(28)26-10-14-15-11-27(12-21(15)5-4-17(14)30-21)19-16(8-22)23-6-7-24-19;2-1-3/h2-3,6-7,9,14-15,17H,4-5,10-12H2,1H3,(H,26,28);1H,(H,2,3)/t14-,15+,17+,21+;/m0./s1. The van der Waals surface area contributed by atoms with Crippen molar-refractivity contribution in [2.45, 2.75) is 24.5 Å². The molecule has 2 N–H and O–H groups in total. The predicted octanol–water partition coefficient (Wildman–Crippen LogP) is 0.866. The van der Waals surface area contributed by atoms with Crippen LogP contribution in [0.5, 0.6) is 5.88 Å². The first-order valence-corrected chi connectivity index (χ1v) is 10.5. The number of nitriles is 1. The van der Waals surface area contributed by atoms with Gasteiger partial charge in [0.2, 0.25) is 5.88 Å². The second kappa shape index (κ2) is 9.38. The Morgan fingerprint density at radius 3 is 2.91 bits per heavy atom. The van der Waals surface area contributed by atoms with Gasteiger partial charge in [0.15, 0.2) is 11.5 Å². The monoisotopic (exact) mass is 452 g/mol. The minimum Gasteiger partial charge on any atom is -0.483 e. The Hall–Kier alpha value is -3.78. The van der Waals surface area contributed by atoms with Crippen LogP contribution in [0.15, 0.2) is 30.7 Å². The lowest BCUT2D eigenvalue weighted by atomic mass is 9.73. The third kappa shape index (κ3) is 4.17. The van der Waals surface area contributed by atoms with Crippen LogP contribution >= 0.6 is 0 Å². The van der Waals surface area contributed by atoms with E-state index in [1.54, 1.807) is 25.4 Å². The number of ether oxygens (including phenoxy) is 2. The van der Waals surface area contributed by atoms with E-state index >= 15 is 0 Å². The Labute approximate surface area is 190 Å². The fourth-order valence-corrected chi connectivity index (χ4v) is 5.21. The molecule has 1 spiro atoms. The van der Waals surface area contributed by atoms with Crippen LogP contribution in [-0.4, -0.2) is 70.9 Å². The molecule has 33 heavy (non-hydrogen) atoms. The maximum absolute atomic E-state index is 12.6. The van der Waals surface area contributed by atoms with Crippen molar-refractivity contribution < 1.29 is 24.2 Å². The lowest BCUT2D eigenvalue weighted by Crippen LogP contribution is -2.41.